The molecule has 0 spiro atoms. The van der Waals surface area contributed by atoms with Gasteiger partial charge in [-0.15, -0.1) is 0 Å². The second-order valence-electron chi connectivity index (χ2n) is 3.12. The molecule has 0 saturated carbocycles. The van der Waals surface area contributed by atoms with Gasteiger partial charge in [0.25, 0.3) is 0 Å². The molecule has 0 aliphatic heterocycles. The first kappa shape index (κ1) is 12.3. The maximum Gasteiger partial charge on any atom is 0.221 e. The van der Waals surface area contributed by atoms with Crippen LogP contribution in [0, 0.1) is 11.3 Å². The summed E-state index contributed by atoms with van der Waals surface area (Å²) in [6.07, 6.45) is 0.355. The number of carbonyl (C=O) groups excluding carboxylic acids is 1. The summed E-state index contributed by atoms with van der Waals surface area (Å²) < 4.78 is 0. The van der Waals surface area contributed by atoms with Crippen molar-refractivity contribution in [1.29, 1.82) is 5.26 Å². The molecule has 0 aliphatic rings. The molecule has 0 unspecified atom stereocenters. The summed E-state index contributed by atoms with van der Waals surface area (Å²) in [4.78, 5) is 11.0. The fraction of sp³-hybridized carbons (Fsp3) is 0.273. The number of rotatable bonds is 4. The van der Waals surface area contributed by atoms with Crippen LogP contribution < -0.4 is 10.6 Å². The molecule has 0 atom stereocenters. The second kappa shape index (κ2) is 5.99. The maximum atomic E-state index is 11.0. The van der Waals surface area contributed by atoms with Crippen LogP contribution in [0.4, 0.5) is 5.69 Å². The summed E-state index contributed by atoms with van der Waals surface area (Å²) in [6.45, 7) is 0.467. The zero-order chi connectivity index (χ0) is 12.0. The van der Waals surface area contributed by atoms with E-state index in [9.17, 15) is 4.79 Å². The maximum absolute atomic E-state index is 11.0. The van der Waals surface area contributed by atoms with Gasteiger partial charge in [0.2, 0.25) is 5.91 Å². The van der Waals surface area contributed by atoms with Crippen LogP contribution >= 0.6 is 11.6 Å². The number of nitrogens with one attached hydrogen (secondary N) is 2. The van der Waals surface area contributed by atoms with E-state index in [0.29, 0.717) is 29.2 Å². The third-order valence-electron chi connectivity index (χ3n) is 2.07. The van der Waals surface area contributed by atoms with Crippen molar-refractivity contribution in [3.63, 3.8) is 0 Å². The minimum Gasteiger partial charge on any atom is -0.383 e. The van der Waals surface area contributed by atoms with Gasteiger partial charge in [0.1, 0.15) is 6.07 Å². The molecule has 84 valence electrons. The van der Waals surface area contributed by atoms with Crippen molar-refractivity contribution in [2.75, 3.05) is 18.9 Å². The van der Waals surface area contributed by atoms with Crippen LogP contribution in [0.2, 0.25) is 5.02 Å². The molecule has 0 heterocycles. The molecule has 4 nitrogen and oxygen atoms in total. The highest BCUT2D eigenvalue weighted by atomic mass is 35.5. The average Bonchev–Trinajstić information content (AvgIpc) is 2.29. The minimum atomic E-state index is -0.0481. The van der Waals surface area contributed by atoms with Gasteiger partial charge in [-0.1, -0.05) is 17.7 Å². The van der Waals surface area contributed by atoms with Crippen LogP contribution in [0.15, 0.2) is 18.2 Å². The van der Waals surface area contributed by atoms with Crippen molar-refractivity contribution < 1.29 is 4.79 Å². The number of hydrogen-bond donors (Lipinski definition) is 2. The zero-order valence-corrected chi connectivity index (χ0v) is 9.64. The smallest absolute Gasteiger partial charge is 0.221 e. The van der Waals surface area contributed by atoms with Gasteiger partial charge in [-0.05, 0) is 12.1 Å². The standard InChI is InChI=1S/C11H12ClN3O/c1-14-11(16)5-6-15-10-4-2-3-9(12)8(10)7-13/h2-4,15H,5-6H2,1H3,(H,14,16). The van der Waals surface area contributed by atoms with Crippen LogP contribution in [-0.4, -0.2) is 19.5 Å². The van der Waals surface area contributed by atoms with Crippen LogP contribution in [0.5, 0.6) is 0 Å². The van der Waals surface area contributed by atoms with Gasteiger partial charge < -0.3 is 10.6 Å². The molecular formula is C11H12ClN3O. The van der Waals surface area contributed by atoms with E-state index in [-0.39, 0.29) is 5.91 Å². The van der Waals surface area contributed by atoms with Gasteiger partial charge in [-0.25, -0.2) is 0 Å². The predicted molar refractivity (Wildman–Crippen MR) is 63.3 cm³/mol. The van der Waals surface area contributed by atoms with Crippen LogP contribution in [0.1, 0.15) is 12.0 Å². The molecule has 16 heavy (non-hydrogen) atoms. The summed E-state index contributed by atoms with van der Waals surface area (Å²) in [5.41, 5.74) is 1.06. The molecule has 5 heteroatoms. The van der Waals surface area contributed by atoms with E-state index in [1.807, 2.05) is 6.07 Å². The highest BCUT2D eigenvalue weighted by molar-refractivity contribution is 6.32. The highest BCUT2D eigenvalue weighted by Crippen LogP contribution is 2.22. The van der Waals surface area contributed by atoms with Crippen LogP contribution in [-0.2, 0) is 4.79 Å². The fourth-order valence-electron chi connectivity index (χ4n) is 1.22. The molecule has 1 rings (SSSR count). The van der Waals surface area contributed by atoms with Gasteiger partial charge in [0.15, 0.2) is 0 Å². The lowest BCUT2D eigenvalue weighted by molar-refractivity contribution is -0.120. The minimum absolute atomic E-state index is 0.0481. The van der Waals surface area contributed by atoms with Gasteiger partial charge in [0, 0.05) is 20.0 Å². The molecule has 2 N–H and O–H groups in total. The Morgan fingerprint density at radius 1 is 1.56 bits per heavy atom. The monoisotopic (exact) mass is 237 g/mol. The number of hydrogen-bond acceptors (Lipinski definition) is 3. The average molecular weight is 238 g/mol. The lowest BCUT2D eigenvalue weighted by Gasteiger charge is -2.08. The fourth-order valence-corrected chi connectivity index (χ4v) is 1.44. The van der Waals surface area contributed by atoms with Crippen LogP contribution in [0.3, 0.4) is 0 Å². The Hall–Kier alpha value is -1.73. The molecule has 1 aromatic carbocycles. The quantitative estimate of drug-likeness (QED) is 0.839. The SMILES string of the molecule is CNC(=O)CCNc1cccc(Cl)c1C#N. The van der Waals surface area contributed by atoms with Crippen molar-refractivity contribution in [3.05, 3.63) is 28.8 Å². The first-order valence-electron chi connectivity index (χ1n) is 4.82. The Bertz CT molecular complexity index is 426. The van der Waals surface area contributed by atoms with Crippen LogP contribution in [0.25, 0.3) is 0 Å². The van der Waals surface area contributed by atoms with Gasteiger partial charge in [-0.2, -0.15) is 5.26 Å². The van der Waals surface area contributed by atoms with Gasteiger partial charge in [0.05, 0.1) is 16.3 Å². The van der Waals surface area contributed by atoms with Gasteiger partial charge >= 0.3 is 0 Å². The number of halogens is 1. The first-order chi connectivity index (χ1) is 7.69. The lowest BCUT2D eigenvalue weighted by Crippen LogP contribution is -2.20. The summed E-state index contributed by atoms with van der Waals surface area (Å²) in [6, 6.07) is 7.19. The van der Waals surface area contributed by atoms with E-state index in [4.69, 9.17) is 16.9 Å². The summed E-state index contributed by atoms with van der Waals surface area (Å²) >= 11 is 5.86. The molecule has 1 aromatic rings. The van der Waals surface area contributed by atoms with E-state index >= 15 is 0 Å². The Labute approximate surface area is 99.2 Å². The predicted octanol–water partition coefficient (Wildman–Crippen LogP) is 1.76. The van der Waals surface area contributed by atoms with E-state index in [1.165, 1.54) is 0 Å². The Kier molecular flexibility index (Phi) is 4.62. The van der Waals surface area contributed by atoms with Crippen molar-refractivity contribution in [1.82, 2.24) is 5.32 Å². The topological polar surface area (TPSA) is 64.9 Å². The molecule has 0 fully saturated rings. The van der Waals surface area contributed by atoms with Crippen molar-refractivity contribution >= 4 is 23.2 Å². The van der Waals surface area contributed by atoms with Crippen molar-refractivity contribution in [2.24, 2.45) is 0 Å². The molecule has 0 aromatic heterocycles. The second-order valence-corrected chi connectivity index (χ2v) is 3.53. The normalized spacial score (nSPS) is 9.31. The molecule has 0 aliphatic carbocycles. The number of anilines is 1. The number of amides is 1. The number of nitriles is 1. The lowest BCUT2D eigenvalue weighted by atomic mass is 10.2. The van der Waals surface area contributed by atoms with E-state index in [1.54, 1.807) is 25.2 Å². The third kappa shape index (κ3) is 3.14. The van der Waals surface area contributed by atoms with Crippen molar-refractivity contribution in [2.45, 2.75) is 6.42 Å². The first-order valence-corrected chi connectivity index (χ1v) is 5.20. The summed E-state index contributed by atoms with van der Waals surface area (Å²) in [7, 11) is 1.59. The number of carbonyl (C=O) groups is 1. The molecular weight excluding hydrogens is 226 g/mol. The van der Waals surface area contributed by atoms with E-state index < -0.39 is 0 Å². The Morgan fingerprint density at radius 2 is 2.31 bits per heavy atom. The highest BCUT2D eigenvalue weighted by Gasteiger charge is 2.05. The number of benzene rings is 1. The van der Waals surface area contributed by atoms with E-state index in [0.717, 1.165) is 0 Å². The Balaban J connectivity index is 2.64. The van der Waals surface area contributed by atoms with Gasteiger partial charge in [-0.3, -0.25) is 4.79 Å². The molecule has 1 amide bonds. The number of nitrogens with zero attached hydrogens (tertiary/aromatic N) is 1. The molecule has 0 saturated heterocycles. The Morgan fingerprint density at radius 3 is 2.94 bits per heavy atom. The van der Waals surface area contributed by atoms with E-state index in [2.05, 4.69) is 10.6 Å². The zero-order valence-electron chi connectivity index (χ0n) is 8.88. The summed E-state index contributed by atoms with van der Waals surface area (Å²) in [5, 5.41) is 14.8. The molecule has 0 bridgehead atoms. The largest absolute Gasteiger partial charge is 0.383 e. The molecule has 0 radical (unpaired) electrons. The van der Waals surface area contributed by atoms with Crippen molar-refractivity contribution in [3.8, 4) is 6.07 Å². The third-order valence-corrected chi connectivity index (χ3v) is 2.39. The summed E-state index contributed by atoms with van der Waals surface area (Å²) in [5.74, 6) is -0.0481.